The first-order valence-corrected chi connectivity index (χ1v) is 6.61. The SMILES string of the molecule is CC(C)c1c(C(=O)O)nnn1-c1cccc2cnccc12. The fraction of sp³-hybridized carbons (Fsp3) is 0.200. The van der Waals surface area contributed by atoms with Gasteiger partial charge in [-0.15, -0.1) is 5.10 Å². The summed E-state index contributed by atoms with van der Waals surface area (Å²) in [6.45, 7) is 3.85. The molecule has 2 aromatic heterocycles. The van der Waals surface area contributed by atoms with Crippen molar-refractivity contribution in [2.24, 2.45) is 0 Å². The first kappa shape index (κ1) is 13.2. The minimum Gasteiger partial charge on any atom is -0.476 e. The zero-order chi connectivity index (χ0) is 15.0. The molecule has 1 N–H and O–H groups in total. The van der Waals surface area contributed by atoms with Gasteiger partial charge >= 0.3 is 5.97 Å². The molecule has 0 amide bonds. The highest BCUT2D eigenvalue weighted by Crippen LogP contribution is 2.26. The standard InChI is InChI=1S/C15H14N4O2/c1-9(2)14-13(15(20)21)17-18-19(14)12-5-3-4-10-8-16-7-6-11(10)12/h3-9H,1-2H3,(H,20,21). The second-order valence-corrected chi connectivity index (χ2v) is 5.07. The lowest BCUT2D eigenvalue weighted by Gasteiger charge is -2.12. The minimum absolute atomic E-state index is 0.00365. The third-order valence-electron chi connectivity index (χ3n) is 3.34. The van der Waals surface area contributed by atoms with Crippen LogP contribution in [0.3, 0.4) is 0 Å². The van der Waals surface area contributed by atoms with Crippen molar-refractivity contribution in [1.82, 2.24) is 20.0 Å². The fourth-order valence-electron chi connectivity index (χ4n) is 2.43. The Morgan fingerprint density at radius 3 is 2.81 bits per heavy atom. The Labute approximate surface area is 121 Å². The van der Waals surface area contributed by atoms with Crippen LogP contribution in [0.1, 0.15) is 35.9 Å². The third-order valence-corrected chi connectivity index (χ3v) is 3.34. The van der Waals surface area contributed by atoms with E-state index in [0.717, 1.165) is 16.5 Å². The first-order chi connectivity index (χ1) is 10.1. The van der Waals surface area contributed by atoms with Crippen LogP contribution in [-0.4, -0.2) is 31.1 Å². The van der Waals surface area contributed by atoms with E-state index in [4.69, 9.17) is 0 Å². The van der Waals surface area contributed by atoms with Gasteiger partial charge in [0.2, 0.25) is 0 Å². The Hall–Kier alpha value is -2.76. The van der Waals surface area contributed by atoms with Crippen molar-refractivity contribution >= 4 is 16.7 Å². The van der Waals surface area contributed by atoms with Crippen LogP contribution >= 0.6 is 0 Å². The number of hydrogen-bond donors (Lipinski definition) is 1. The number of rotatable bonds is 3. The number of aromatic nitrogens is 4. The minimum atomic E-state index is -1.06. The van der Waals surface area contributed by atoms with Crippen molar-refractivity contribution in [2.75, 3.05) is 0 Å². The molecule has 0 bridgehead atoms. The number of fused-ring (bicyclic) bond motifs is 1. The van der Waals surface area contributed by atoms with Crippen molar-refractivity contribution < 1.29 is 9.90 Å². The fourth-order valence-corrected chi connectivity index (χ4v) is 2.43. The molecule has 106 valence electrons. The number of aromatic carboxylic acids is 1. The number of benzene rings is 1. The molecule has 3 rings (SSSR count). The van der Waals surface area contributed by atoms with Crippen LogP contribution in [0.4, 0.5) is 0 Å². The quantitative estimate of drug-likeness (QED) is 0.798. The topological polar surface area (TPSA) is 80.9 Å². The molecule has 0 fully saturated rings. The number of nitrogens with zero attached hydrogens (tertiary/aromatic N) is 4. The zero-order valence-corrected chi connectivity index (χ0v) is 11.7. The Balaban J connectivity index is 2.31. The second kappa shape index (κ2) is 4.97. The van der Waals surface area contributed by atoms with Crippen LogP contribution < -0.4 is 0 Å². The van der Waals surface area contributed by atoms with Gasteiger partial charge in [-0.05, 0) is 18.1 Å². The lowest BCUT2D eigenvalue weighted by molar-refractivity contribution is 0.0688. The summed E-state index contributed by atoms with van der Waals surface area (Å²) >= 11 is 0. The van der Waals surface area contributed by atoms with Gasteiger partial charge in [-0.3, -0.25) is 4.98 Å². The van der Waals surface area contributed by atoms with Crippen molar-refractivity contribution in [1.29, 1.82) is 0 Å². The number of carboxylic acid groups (broad SMARTS) is 1. The summed E-state index contributed by atoms with van der Waals surface area (Å²) in [5.41, 5.74) is 1.39. The van der Waals surface area contributed by atoms with E-state index in [-0.39, 0.29) is 11.6 Å². The molecule has 0 aliphatic carbocycles. The van der Waals surface area contributed by atoms with Crippen LogP contribution in [0.2, 0.25) is 0 Å². The molecule has 0 saturated heterocycles. The highest BCUT2D eigenvalue weighted by molar-refractivity contribution is 5.90. The van der Waals surface area contributed by atoms with Crippen LogP contribution in [-0.2, 0) is 0 Å². The van der Waals surface area contributed by atoms with E-state index in [1.807, 2.05) is 38.1 Å². The second-order valence-electron chi connectivity index (χ2n) is 5.07. The molecule has 6 nitrogen and oxygen atoms in total. The van der Waals surface area contributed by atoms with E-state index in [9.17, 15) is 9.90 Å². The molecular formula is C15H14N4O2. The average Bonchev–Trinajstić information content (AvgIpc) is 2.91. The summed E-state index contributed by atoms with van der Waals surface area (Å²) in [6.07, 6.45) is 3.47. The van der Waals surface area contributed by atoms with E-state index < -0.39 is 5.97 Å². The molecule has 0 spiro atoms. The zero-order valence-electron chi connectivity index (χ0n) is 11.7. The summed E-state index contributed by atoms with van der Waals surface area (Å²) in [4.78, 5) is 15.4. The van der Waals surface area contributed by atoms with Gasteiger partial charge in [0.1, 0.15) is 0 Å². The number of carbonyl (C=O) groups is 1. The van der Waals surface area contributed by atoms with Gasteiger partial charge in [-0.2, -0.15) is 0 Å². The van der Waals surface area contributed by atoms with Gasteiger partial charge in [0.05, 0.1) is 11.4 Å². The summed E-state index contributed by atoms with van der Waals surface area (Å²) in [5, 5.41) is 19.0. The maximum Gasteiger partial charge on any atom is 0.358 e. The number of hydrogen-bond acceptors (Lipinski definition) is 4. The lowest BCUT2D eigenvalue weighted by Crippen LogP contribution is -2.08. The summed E-state index contributed by atoms with van der Waals surface area (Å²) in [7, 11) is 0. The highest BCUT2D eigenvalue weighted by Gasteiger charge is 2.23. The van der Waals surface area contributed by atoms with Crippen molar-refractivity contribution in [3.63, 3.8) is 0 Å². The summed E-state index contributed by atoms with van der Waals surface area (Å²) in [6, 6.07) is 7.63. The number of carboxylic acids is 1. The predicted octanol–water partition coefficient (Wildman–Crippen LogP) is 2.64. The van der Waals surface area contributed by atoms with Gasteiger partial charge in [-0.25, -0.2) is 9.48 Å². The van der Waals surface area contributed by atoms with E-state index >= 15 is 0 Å². The van der Waals surface area contributed by atoms with E-state index in [2.05, 4.69) is 15.3 Å². The van der Waals surface area contributed by atoms with Gasteiger partial charge in [0, 0.05) is 23.2 Å². The largest absolute Gasteiger partial charge is 0.476 e. The molecule has 0 atom stereocenters. The molecule has 3 aromatic rings. The maximum absolute atomic E-state index is 11.3. The Morgan fingerprint density at radius 2 is 2.10 bits per heavy atom. The molecule has 0 aliphatic heterocycles. The van der Waals surface area contributed by atoms with Crippen LogP contribution in [0.15, 0.2) is 36.7 Å². The molecular weight excluding hydrogens is 268 g/mol. The van der Waals surface area contributed by atoms with Crippen LogP contribution in [0.5, 0.6) is 0 Å². The molecule has 21 heavy (non-hydrogen) atoms. The molecule has 0 radical (unpaired) electrons. The van der Waals surface area contributed by atoms with Crippen molar-refractivity contribution in [3.8, 4) is 5.69 Å². The Bertz CT molecular complexity index is 818. The van der Waals surface area contributed by atoms with E-state index in [1.165, 1.54) is 0 Å². The van der Waals surface area contributed by atoms with Gasteiger partial charge in [-0.1, -0.05) is 31.2 Å². The summed E-state index contributed by atoms with van der Waals surface area (Å²) in [5.74, 6) is -1.07. The molecule has 0 saturated carbocycles. The average molecular weight is 282 g/mol. The monoisotopic (exact) mass is 282 g/mol. The Morgan fingerprint density at radius 1 is 1.29 bits per heavy atom. The molecule has 1 aromatic carbocycles. The van der Waals surface area contributed by atoms with Gasteiger partial charge in [0.15, 0.2) is 5.69 Å². The summed E-state index contributed by atoms with van der Waals surface area (Å²) < 4.78 is 1.61. The smallest absolute Gasteiger partial charge is 0.358 e. The molecule has 2 heterocycles. The van der Waals surface area contributed by atoms with Crippen molar-refractivity contribution in [3.05, 3.63) is 48.0 Å². The molecule has 0 aliphatic rings. The van der Waals surface area contributed by atoms with E-state index in [1.54, 1.807) is 17.1 Å². The van der Waals surface area contributed by atoms with Gasteiger partial charge < -0.3 is 5.11 Å². The Kier molecular flexibility index (Phi) is 3.13. The van der Waals surface area contributed by atoms with Crippen LogP contribution in [0, 0.1) is 0 Å². The van der Waals surface area contributed by atoms with Crippen LogP contribution in [0.25, 0.3) is 16.5 Å². The third kappa shape index (κ3) is 2.14. The first-order valence-electron chi connectivity index (χ1n) is 6.61. The van der Waals surface area contributed by atoms with E-state index in [0.29, 0.717) is 5.69 Å². The maximum atomic E-state index is 11.3. The normalized spacial score (nSPS) is 11.2. The molecule has 6 heteroatoms. The van der Waals surface area contributed by atoms with Crippen molar-refractivity contribution in [2.45, 2.75) is 19.8 Å². The molecule has 0 unspecified atom stereocenters. The highest BCUT2D eigenvalue weighted by atomic mass is 16.4. The van der Waals surface area contributed by atoms with Gasteiger partial charge in [0.25, 0.3) is 0 Å². The predicted molar refractivity (Wildman–Crippen MR) is 77.7 cm³/mol. The lowest BCUT2D eigenvalue weighted by atomic mass is 10.1. The number of pyridine rings is 1.